The summed E-state index contributed by atoms with van der Waals surface area (Å²) in [7, 11) is 0. The lowest BCUT2D eigenvalue weighted by atomic mass is 9.45. The third kappa shape index (κ3) is 2.27. The maximum atomic E-state index is 12.3. The molecular weight excluding hydrogens is 312 g/mol. The van der Waals surface area contributed by atoms with Crippen LogP contribution in [0.15, 0.2) is 23.3 Å². The Morgan fingerprint density at radius 2 is 2.00 bits per heavy atom. The molecule has 0 aliphatic heterocycles. The van der Waals surface area contributed by atoms with Gasteiger partial charge in [0, 0.05) is 17.8 Å². The fraction of sp³-hybridized carbons (Fsp3) is 0.727. The van der Waals surface area contributed by atoms with E-state index in [0.29, 0.717) is 18.3 Å². The quantitative estimate of drug-likeness (QED) is 0.733. The van der Waals surface area contributed by atoms with Crippen LogP contribution in [0.4, 0.5) is 0 Å². The maximum absolute atomic E-state index is 12.3. The minimum absolute atomic E-state index is 0.0309. The molecule has 0 heterocycles. The lowest BCUT2D eigenvalue weighted by Gasteiger charge is -2.60. The Kier molecular flexibility index (Phi) is 3.88. The summed E-state index contributed by atoms with van der Waals surface area (Å²) in [5, 5.41) is 11.2. The monoisotopic (exact) mass is 342 g/mol. The van der Waals surface area contributed by atoms with Crippen LogP contribution < -0.4 is 0 Å². The Bertz CT molecular complexity index is 687. The second kappa shape index (κ2) is 5.64. The number of allylic oxidation sites excluding steroid dienone is 3. The maximum Gasteiger partial charge on any atom is 0.155 e. The predicted molar refractivity (Wildman–Crippen MR) is 96.9 cm³/mol. The van der Waals surface area contributed by atoms with Crippen LogP contribution in [-0.2, 0) is 9.59 Å². The number of carbonyl (C=O) groups is 2. The molecule has 0 aromatic carbocycles. The zero-order valence-corrected chi connectivity index (χ0v) is 15.7. The fourth-order valence-corrected chi connectivity index (χ4v) is 6.72. The highest BCUT2D eigenvalue weighted by Gasteiger charge is 2.59. The zero-order chi connectivity index (χ0) is 18.0. The molecule has 4 aliphatic rings. The average molecular weight is 342 g/mol. The number of carbonyl (C=O) groups excluding carboxylic acids is 2. The number of ketones is 2. The van der Waals surface area contributed by atoms with Crippen molar-refractivity contribution in [1.82, 2.24) is 0 Å². The first-order valence-corrected chi connectivity index (χ1v) is 9.91. The van der Waals surface area contributed by atoms with Crippen LogP contribution in [0.3, 0.4) is 0 Å². The molecule has 0 saturated heterocycles. The van der Waals surface area contributed by atoms with Gasteiger partial charge in [-0.15, -0.1) is 0 Å². The first-order valence-electron chi connectivity index (χ1n) is 9.91. The third-order valence-corrected chi connectivity index (χ3v) is 8.21. The number of Topliss-reactive ketones (excluding diaryl/α,β-unsaturated/α-hetero) is 1. The van der Waals surface area contributed by atoms with E-state index in [1.165, 1.54) is 11.1 Å². The van der Waals surface area contributed by atoms with Gasteiger partial charge in [0.15, 0.2) is 5.78 Å². The second-order valence-corrected chi connectivity index (χ2v) is 9.24. The summed E-state index contributed by atoms with van der Waals surface area (Å²) in [6.07, 6.45) is 9.91. The molecule has 25 heavy (non-hydrogen) atoms. The molecular formula is C22H30O3. The fourth-order valence-electron chi connectivity index (χ4n) is 6.72. The Labute approximate surface area is 150 Å². The molecule has 1 N–H and O–H groups in total. The lowest BCUT2D eigenvalue weighted by Crippen LogP contribution is -2.56. The first kappa shape index (κ1) is 17.2. The molecule has 0 aromatic rings. The lowest BCUT2D eigenvalue weighted by molar-refractivity contribution is -0.133. The van der Waals surface area contributed by atoms with Crippen LogP contribution in [0.5, 0.6) is 0 Å². The molecule has 2 saturated carbocycles. The van der Waals surface area contributed by atoms with E-state index in [-0.39, 0.29) is 22.9 Å². The van der Waals surface area contributed by atoms with Gasteiger partial charge < -0.3 is 5.11 Å². The summed E-state index contributed by atoms with van der Waals surface area (Å²) in [4.78, 5) is 24.2. The minimum atomic E-state index is -0.469. The number of hydrogen-bond acceptors (Lipinski definition) is 3. The van der Waals surface area contributed by atoms with Crippen molar-refractivity contribution >= 4 is 11.6 Å². The molecule has 2 fully saturated rings. The van der Waals surface area contributed by atoms with Crippen molar-refractivity contribution in [3.8, 4) is 0 Å². The van der Waals surface area contributed by atoms with E-state index < -0.39 is 11.5 Å². The SMILES string of the molecule is CC(=O)C1CCC=C2C3CCC4=CC(=O)CCC4(C)C3C[C@@H](O)[C@@]21C. The van der Waals surface area contributed by atoms with E-state index in [9.17, 15) is 14.7 Å². The van der Waals surface area contributed by atoms with Gasteiger partial charge in [0.05, 0.1) is 6.10 Å². The molecule has 3 nitrogen and oxygen atoms in total. The van der Waals surface area contributed by atoms with Crippen LogP contribution in [0, 0.1) is 28.6 Å². The molecule has 6 atom stereocenters. The van der Waals surface area contributed by atoms with Gasteiger partial charge in [-0.3, -0.25) is 9.59 Å². The van der Waals surface area contributed by atoms with Crippen LogP contribution in [0.2, 0.25) is 0 Å². The van der Waals surface area contributed by atoms with Crippen LogP contribution in [0.25, 0.3) is 0 Å². The average Bonchev–Trinajstić information content (AvgIpc) is 2.56. The molecule has 4 aliphatic carbocycles. The number of aliphatic hydroxyl groups is 1. The summed E-state index contributed by atoms with van der Waals surface area (Å²) >= 11 is 0. The summed E-state index contributed by atoms with van der Waals surface area (Å²) in [5.41, 5.74) is 2.29. The largest absolute Gasteiger partial charge is 0.392 e. The highest BCUT2D eigenvalue weighted by atomic mass is 16.3. The number of fused-ring (bicyclic) bond motifs is 5. The second-order valence-electron chi connectivity index (χ2n) is 9.24. The summed E-state index contributed by atoms with van der Waals surface area (Å²) in [6.45, 7) is 6.12. The van der Waals surface area contributed by atoms with Gasteiger partial charge in [0.25, 0.3) is 0 Å². The van der Waals surface area contributed by atoms with E-state index in [0.717, 1.165) is 38.5 Å². The number of hydrogen-bond donors (Lipinski definition) is 1. The van der Waals surface area contributed by atoms with Crippen molar-refractivity contribution in [2.24, 2.45) is 28.6 Å². The van der Waals surface area contributed by atoms with Crippen molar-refractivity contribution in [3.63, 3.8) is 0 Å². The normalized spacial score (nSPS) is 46.3. The molecule has 0 bridgehead atoms. The van der Waals surface area contributed by atoms with Crippen molar-refractivity contribution in [3.05, 3.63) is 23.3 Å². The van der Waals surface area contributed by atoms with E-state index in [4.69, 9.17) is 0 Å². The topological polar surface area (TPSA) is 54.4 Å². The molecule has 0 amide bonds. The van der Waals surface area contributed by atoms with Gasteiger partial charge in [-0.2, -0.15) is 0 Å². The number of rotatable bonds is 1. The van der Waals surface area contributed by atoms with Gasteiger partial charge in [-0.05, 0) is 68.8 Å². The van der Waals surface area contributed by atoms with Crippen LogP contribution >= 0.6 is 0 Å². The molecule has 0 aromatic heterocycles. The van der Waals surface area contributed by atoms with E-state index >= 15 is 0 Å². The van der Waals surface area contributed by atoms with Gasteiger partial charge in [0.2, 0.25) is 0 Å². The van der Waals surface area contributed by atoms with Gasteiger partial charge >= 0.3 is 0 Å². The Morgan fingerprint density at radius 3 is 2.72 bits per heavy atom. The summed E-state index contributed by atoms with van der Waals surface area (Å²) in [6, 6.07) is 0. The number of aliphatic hydroxyl groups excluding tert-OH is 1. The summed E-state index contributed by atoms with van der Waals surface area (Å²) < 4.78 is 0. The highest BCUT2D eigenvalue weighted by Crippen LogP contribution is 2.64. The Morgan fingerprint density at radius 1 is 1.24 bits per heavy atom. The first-order chi connectivity index (χ1) is 11.8. The van der Waals surface area contributed by atoms with Crippen molar-refractivity contribution < 1.29 is 14.7 Å². The van der Waals surface area contributed by atoms with Crippen LogP contribution in [-0.4, -0.2) is 22.8 Å². The summed E-state index contributed by atoms with van der Waals surface area (Å²) in [5.74, 6) is 1.27. The molecule has 136 valence electrons. The third-order valence-electron chi connectivity index (χ3n) is 8.21. The molecule has 3 heteroatoms. The molecule has 0 radical (unpaired) electrons. The van der Waals surface area contributed by atoms with Crippen LogP contribution in [0.1, 0.15) is 65.7 Å². The van der Waals surface area contributed by atoms with E-state index in [2.05, 4.69) is 19.9 Å². The van der Waals surface area contributed by atoms with Crippen molar-refractivity contribution in [2.75, 3.05) is 0 Å². The van der Waals surface area contributed by atoms with Crippen molar-refractivity contribution in [1.29, 1.82) is 0 Å². The smallest absolute Gasteiger partial charge is 0.155 e. The van der Waals surface area contributed by atoms with E-state index in [1.54, 1.807) is 6.92 Å². The van der Waals surface area contributed by atoms with Gasteiger partial charge in [0.1, 0.15) is 5.78 Å². The predicted octanol–water partition coefficient (Wildman–Crippen LogP) is 4.00. The molecule has 0 spiro atoms. The van der Waals surface area contributed by atoms with Gasteiger partial charge in [-0.25, -0.2) is 0 Å². The van der Waals surface area contributed by atoms with E-state index in [1.807, 2.05) is 6.08 Å². The van der Waals surface area contributed by atoms with Crippen molar-refractivity contribution in [2.45, 2.75) is 71.8 Å². The highest BCUT2D eigenvalue weighted by molar-refractivity contribution is 5.91. The Hall–Kier alpha value is -1.22. The molecule has 4 unspecified atom stereocenters. The molecule has 4 rings (SSSR count). The van der Waals surface area contributed by atoms with Gasteiger partial charge in [-0.1, -0.05) is 31.1 Å². The minimum Gasteiger partial charge on any atom is -0.392 e. The Balaban J connectivity index is 1.77. The zero-order valence-electron chi connectivity index (χ0n) is 15.7. The standard InChI is InChI=1S/C22H30O3/c1-13(23)17-5-4-6-18-16-8-7-14-11-15(24)9-10-21(14,2)19(16)12-20(25)22(17,18)3/h6,11,16-17,19-20,25H,4-5,7-10,12H2,1-3H3/t16?,17?,19?,20-,21?,22-/m1/s1.